The zero-order valence-electron chi connectivity index (χ0n) is 22.1. The van der Waals surface area contributed by atoms with E-state index in [0.717, 1.165) is 42.9 Å². The molecule has 0 aliphatic heterocycles. The van der Waals surface area contributed by atoms with E-state index in [4.69, 9.17) is 44.1 Å². The summed E-state index contributed by atoms with van der Waals surface area (Å²) in [6.07, 6.45) is -2.26. The van der Waals surface area contributed by atoms with E-state index < -0.39 is 18.1 Å². The highest BCUT2D eigenvalue weighted by atomic mass is 35.5. The van der Waals surface area contributed by atoms with Gasteiger partial charge in [-0.2, -0.15) is 0 Å². The largest absolute Gasteiger partial charge is 0.573 e. The fourth-order valence-corrected chi connectivity index (χ4v) is 5.38. The van der Waals surface area contributed by atoms with Crippen LogP contribution in [-0.4, -0.2) is 24.6 Å². The van der Waals surface area contributed by atoms with Gasteiger partial charge in [-0.3, -0.25) is 0 Å². The molecule has 0 spiro atoms. The predicted molar refractivity (Wildman–Crippen MR) is 152 cm³/mol. The lowest BCUT2D eigenvalue weighted by Gasteiger charge is -2.13. The molecule has 42 heavy (non-hydrogen) atoms. The van der Waals surface area contributed by atoms with Crippen molar-refractivity contribution in [3.05, 3.63) is 97.7 Å². The Morgan fingerprint density at radius 1 is 0.976 bits per heavy atom. The van der Waals surface area contributed by atoms with Gasteiger partial charge in [0, 0.05) is 16.5 Å². The second-order valence-corrected chi connectivity index (χ2v) is 10.9. The van der Waals surface area contributed by atoms with Crippen molar-refractivity contribution in [1.82, 2.24) is 5.16 Å². The summed E-state index contributed by atoms with van der Waals surface area (Å²) in [6, 6.07) is 14.1. The van der Waals surface area contributed by atoms with E-state index in [1.165, 1.54) is 12.1 Å². The number of esters is 1. The van der Waals surface area contributed by atoms with Crippen LogP contribution in [0.15, 0.2) is 59.1 Å². The number of alkyl halides is 3. The minimum Gasteiger partial charge on any atom is -0.489 e. The summed E-state index contributed by atoms with van der Waals surface area (Å²) in [5.74, 6) is 0.216. The number of aromatic nitrogens is 1. The first-order valence-electron chi connectivity index (χ1n) is 12.8. The third-order valence-electron chi connectivity index (χ3n) is 6.68. The molecule has 12 heteroatoms. The molecule has 1 aromatic heterocycles. The van der Waals surface area contributed by atoms with Crippen molar-refractivity contribution in [1.29, 1.82) is 0 Å². The molecule has 0 N–H and O–H groups in total. The number of rotatable bonds is 10. The van der Waals surface area contributed by atoms with E-state index in [9.17, 15) is 18.0 Å². The molecular weight excluding hydrogens is 618 g/mol. The highest BCUT2D eigenvalue weighted by Crippen LogP contribution is 2.46. The zero-order chi connectivity index (χ0) is 30.0. The van der Waals surface area contributed by atoms with Gasteiger partial charge in [0.2, 0.25) is 0 Å². The summed E-state index contributed by atoms with van der Waals surface area (Å²) in [5.41, 5.74) is 2.98. The summed E-state index contributed by atoms with van der Waals surface area (Å²) in [4.78, 5) is 12.0. The standard InChI is InChI=1S/C30H23Cl3F3NO5/c1-39-29(38)19-11-16(12-21(13-19)41-30(34,35)36)5-6-17-9-10-20(14-25(17)33)40-15-22-27(37-42-28(22)18-7-8-18)26-23(31)3-2-4-24(26)32/h2-4,9-14,18H,5-8,15H2,1H3. The molecule has 0 radical (unpaired) electrons. The normalized spacial score (nSPS) is 13.2. The quantitative estimate of drug-likeness (QED) is 0.161. The predicted octanol–water partition coefficient (Wildman–Crippen LogP) is 9.23. The average Bonchev–Trinajstić information content (AvgIpc) is 3.69. The van der Waals surface area contributed by atoms with Gasteiger partial charge >= 0.3 is 12.3 Å². The topological polar surface area (TPSA) is 70.8 Å². The number of carbonyl (C=O) groups is 1. The third-order valence-corrected chi connectivity index (χ3v) is 7.66. The highest BCUT2D eigenvalue weighted by molar-refractivity contribution is 6.39. The second-order valence-electron chi connectivity index (χ2n) is 9.69. The molecule has 220 valence electrons. The molecule has 0 saturated heterocycles. The van der Waals surface area contributed by atoms with Gasteiger partial charge in [0.05, 0.1) is 28.3 Å². The monoisotopic (exact) mass is 639 g/mol. The van der Waals surface area contributed by atoms with Crippen molar-refractivity contribution >= 4 is 40.8 Å². The van der Waals surface area contributed by atoms with E-state index in [1.807, 2.05) is 0 Å². The number of ether oxygens (including phenoxy) is 3. The molecule has 1 aliphatic carbocycles. The van der Waals surface area contributed by atoms with E-state index in [-0.39, 0.29) is 24.5 Å². The van der Waals surface area contributed by atoms with Gasteiger partial charge in [0.1, 0.15) is 29.6 Å². The molecule has 4 aromatic rings. The van der Waals surface area contributed by atoms with Crippen molar-refractivity contribution in [2.24, 2.45) is 0 Å². The fourth-order valence-electron chi connectivity index (χ4n) is 4.54. The number of carbonyl (C=O) groups excluding carboxylic acids is 1. The van der Waals surface area contributed by atoms with Crippen LogP contribution < -0.4 is 9.47 Å². The maximum atomic E-state index is 12.8. The molecule has 0 bridgehead atoms. The van der Waals surface area contributed by atoms with Crippen molar-refractivity contribution in [3.63, 3.8) is 0 Å². The number of aryl methyl sites for hydroxylation is 2. The van der Waals surface area contributed by atoms with Crippen LogP contribution in [-0.2, 0) is 24.2 Å². The summed E-state index contributed by atoms with van der Waals surface area (Å²) < 4.78 is 58.9. The van der Waals surface area contributed by atoms with Crippen molar-refractivity contribution in [3.8, 4) is 22.8 Å². The Hall–Kier alpha value is -3.40. The van der Waals surface area contributed by atoms with Gasteiger partial charge < -0.3 is 18.7 Å². The molecular formula is C30H23Cl3F3NO5. The van der Waals surface area contributed by atoms with Crippen LogP contribution in [0.2, 0.25) is 15.1 Å². The van der Waals surface area contributed by atoms with Gasteiger partial charge in [-0.1, -0.05) is 52.1 Å². The lowest BCUT2D eigenvalue weighted by Crippen LogP contribution is -2.17. The van der Waals surface area contributed by atoms with Crippen LogP contribution in [0.4, 0.5) is 13.2 Å². The summed E-state index contributed by atoms with van der Waals surface area (Å²) >= 11 is 19.4. The summed E-state index contributed by atoms with van der Waals surface area (Å²) in [7, 11) is 1.14. The smallest absolute Gasteiger partial charge is 0.489 e. The molecule has 1 saturated carbocycles. The van der Waals surface area contributed by atoms with Gasteiger partial charge in [-0.05, 0) is 79.3 Å². The number of hydrogen-bond acceptors (Lipinski definition) is 6. The van der Waals surface area contributed by atoms with Gasteiger partial charge in [0.15, 0.2) is 0 Å². The second kappa shape index (κ2) is 12.5. The molecule has 5 rings (SSSR count). The van der Waals surface area contributed by atoms with Gasteiger partial charge in [0.25, 0.3) is 0 Å². The number of benzene rings is 3. The minimum absolute atomic E-state index is 0.0548. The van der Waals surface area contributed by atoms with Crippen LogP contribution in [0.5, 0.6) is 11.5 Å². The van der Waals surface area contributed by atoms with Crippen LogP contribution in [0.25, 0.3) is 11.3 Å². The number of halogens is 6. The Kier molecular flexibility index (Phi) is 8.92. The van der Waals surface area contributed by atoms with Crippen molar-refractivity contribution < 1.29 is 36.7 Å². The van der Waals surface area contributed by atoms with Gasteiger partial charge in [-0.15, -0.1) is 13.2 Å². The summed E-state index contributed by atoms with van der Waals surface area (Å²) in [5, 5.41) is 5.56. The Balaban J connectivity index is 1.31. The number of methoxy groups -OCH3 is 1. The number of hydrogen-bond donors (Lipinski definition) is 0. The third kappa shape index (κ3) is 7.14. The van der Waals surface area contributed by atoms with Crippen LogP contribution in [0, 0.1) is 0 Å². The molecule has 1 heterocycles. The average molecular weight is 641 g/mol. The van der Waals surface area contributed by atoms with Crippen LogP contribution >= 0.6 is 34.8 Å². The van der Waals surface area contributed by atoms with Crippen molar-refractivity contribution in [2.75, 3.05) is 7.11 Å². The molecule has 6 nitrogen and oxygen atoms in total. The molecule has 3 aromatic carbocycles. The maximum Gasteiger partial charge on any atom is 0.573 e. The SMILES string of the molecule is COC(=O)c1cc(CCc2ccc(OCc3c(-c4c(Cl)cccc4Cl)noc3C3CC3)cc2Cl)cc(OC(F)(F)F)c1. The fraction of sp³-hybridized carbons (Fsp3) is 0.267. The lowest BCUT2D eigenvalue weighted by atomic mass is 10.0. The van der Waals surface area contributed by atoms with Crippen LogP contribution in [0.3, 0.4) is 0 Å². The Bertz CT molecular complexity index is 1600. The Morgan fingerprint density at radius 2 is 1.71 bits per heavy atom. The highest BCUT2D eigenvalue weighted by Gasteiger charge is 2.34. The minimum atomic E-state index is -4.91. The van der Waals surface area contributed by atoms with Crippen LogP contribution in [0.1, 0.15) is 51.6 Å². The molecule has 1 aliphatic rings. The van der Waals surface area contributed by atoms with Crippen molar-refractivity contribution in [2.45, 2.75) is 44.6 Å². The summed E-state index contributed by atoms with van der Waals surface area (Å²) in [6.45, 7) is 0.143. The first-order chi connectivity index (χ1) is 20.0. The van der Waals surface area contributed by atoms with Gasteiger partial charge in [-0.25, -0.2) is 4.79 Å². The van der Waals surface area contributed by atoms with E-state index >= 15 is 0 Å². The Morgan fingerprint density at radius 3 is 2.36 bits per heavy atom. The first kappa shape index (κ1) is 30.1. The van der Waals surface area contributed by atoms with E-state index in [0.29, 0.717) is 44.1 Å². The molecule has 0 unspecified atom stereocenters. The zero-order valence-corrected chi connectivity index (χ0v) is 24.3. The molecule has 0 amide bonds. The maximum absolute atomic E-state index is 12.8. The first-order valence-corrected chi connectivity index (χ1v) is 14.0. The van der Waals surface area contributed by atoms with E-state index in [1.54, 1.807) is 36.4 Å². The van der Waals surface area contributed by atoms with E-state index in [2.05, 4.69) is 14.6 Å². The number of nitrogens with zero attached hydrogens (tertiary/aromatic N) is 1. The molecule has 1 fully saturated rings. The lowest BCUT2D eigenvalue weighted by molar-refractivity contribution is -0.274. The molecule has 0 atom stereocenters. The Labute approximate surface area is 254 Å².